The molecule has 1 aliphatic heterocycles. The first-order valence-electron chi connectivity index (χ1n) is 5.44. The Morgan fingerprint density at radius 3 is 2.18 bits per heavy atom. The number of aliphatic hydroxyl groups is 1. The van der Waals surface area contributed by atoms with Crippen molar-refractivity contribution in [3.8, 4) is 0 Å². The number of aliphatic hydroxyl groups excluding tert-OH is 1. The van der Waals surface area contributed by atoms with Crippen molar-refractivity contribution in [3.63, 3.8) is 0 Å². The third-order valence-electron chi connectivity index (χ3n) is 2.31. The number of phosphoric ester groups is 1. The first-order chi connectivity index (χ1) is 9.64. The second-order valence-electron chi connectivity index (χ2n) is 4.30. The molecular formula is C6H11O12P3S-4. The monoisotopic (exact) mass is 400 g/mol. The van der Waals surface area contributed by atoms with Gasteiger partial charge in [0.05, 0.1) is 26.6 Å². The zero-order valence-electron chi connectivity index (χ0n) is 10.8. The second kappa shape index (κ2) is 6.89. The fourth-order valence-electron chi connectivity index (χ4n) is 1.56. The van der Waals surface area contributed by atoms with Gasteiger partial charge < -0.3 is 38.5 Å². The van der Waals surface area contributed by atoms with Crippen LogP contribution >= 0.6 is 36.1 Å². The lowest BCUT2D eigenvalue weighted by Gasteiger charge is -2.38. The van der Waals surface area contributed by atoms with E-state index in [4.69, 9.17) is 4.74 Å². The average Bonchev–Trinajstić information content (AvgIpc) is 2.45. The molecule has 0 radical (unpaired) electrons. The zero-order valence-corrected chi connectivity index (χ0v) is 14.4. The van der Waals surface area contributed by atoms with E-state index in [9.17, 15) is 38.4 Å². The van der Waals surface area contributed by atoms with Crippen LogP contribution < -0.4 is 19.6 Å². The lowest BCUT2D eigenvalue weighted by atomic mass is 10.1. The summed E-state index contributed by atoms with van der Waals surface area (Å²) < 4.78 is 47.9. The summed E-state index contributed by atoms with van der Waals surface area (Å²) in [5, 5.41) is 9.63. The molecule has 22 heavy (non-hydrogen) atoms. The second-order valence-corrected chi connectivity index (χ2v) is 9.31. The van der Waals surface area contributed by atoms with Crippen molar-refractivity contribution in [1.82, 2.24) is 0 Å². The van der Waals surface area contributed by atoms with Crippen LogP contribution in [0.2, 0.25) is 0 Å². The quantitative estimate of drug-likeness (QED) is 0.339. The number of thiol groups is 1. The first-order valence-corrected chi connectivity index (χ1v) is 10.3. The van der Waals surface area contributed by atoms with Crippen molar-refractivity contribution >= 4 is 36.1 Å². The molecule has 1 heterocycles. The lowest BCUT2D eigenvalue weighted by molar-refractivity contribution is -0.339. The Bertz CT molecular complexity index is 547. The molecule has 0 saturated carbocycles. The van der Waals surface area contributed by atoms with Gasteiger partial charge >= 0.3 is 0 Å². The van der Waals surface area contributed by atoms with Crippen LogP contribution in [-0.2, 0) is 31.6 Å². The first kappa shape index (κ1) is 20.7. The minimum absolute atomic E-state index is 0.121. The molecule has 0 aromatic rings. The van der Waals surface area contributed by atoms with E-state index >= 15 is 0 Å². The van der Waals surface area contributed by atoms with Gasteiger partial charge in [0.15, 0.2) is 4.93 Å². The molecule has 1 rings (SSSR count). The van der Waals surface area contributed by atoms with Crippen molar-refractivity contribution < 1.29 is 56.3 Å². The molecule has 3 unspecified atom stereocenters. The number of phosphoric acid groups is 3. The van der Waals surface area contributed by atoms with Gasteiger partial charge in [-0.3, -0.25) is 13.4 Å². The highest BCUT2D eigenvalue weighted by molar-refractivity contribution is 7.81. The molecule has 12 nitrogen and oxygen atoms in total. The highest BCUT2D eigenvalue weighted by atomic mass is 32.1. The minimum atomic E-state index is -6.04. The van der Waals surface area contributed by atoms with E-state index < -0.39 is 47.2 Å². The molecule has 0 amide bonds. The Morgan fingerprint density at radius 2 is 1.77 bits per heavy atom. The van der Waals surface area contributed by atoms with Gasteiger partial charge in [0, 0.05) is 6.42 Å². The number of hydrogen-bond donors (Lipinski definition) is 2. The Balaban J connectivity index is 2.67. The third kappa shape index (κ3) is 6.66. The van der Waals surface area contributed by atoms with Crippen LogP contribution in [0.4, 0.5) is 0 Å². The molecule has 1 N–H and O–H groups in total. The maximum atomic E-state index is 11.3. The van der Waals surface area contributed by atoms with E-state index in [-0.39, 0.29) is 6.42 Å². The summed E-state index contributed by atoms with van der Waals surface area (Å²) >= 11 is 3.89. The van der Waals surface area contributed by atoms with E-state index in [1.165, 1.54) is 0 Å². The Kier molecular flexibility index (Phi) is 6.49. The summed E-state index contributed by atoms with van der Waals surface area (Å²) in [6.45, 7) is 0.628. The maximum absolute atomic E-state index is 11.3. The molecule has 1 fully saturated rings. The van der Waals surface area contributed by atoms with Crippen LogP contribution in [0, 0.1) is 0 Å². The summed E-state index contributed by atoms with van der Waals surface area (Å²) in [6.07, 6.45) is -1.57. The van der Waals surface area contributed by atoms with Crippen molar-refractivity contribution in [2.75, 3.05) is 6.61 Å². The van der Waals surface area contributed by atoms with Crippen LogP contribution in [-0.4, -0.2) is 28.9 Å². The van der Waals surface area contributed by atoms with Gasteiger partial charge in [0.25, 0.3) is 15.6 Å². The minimum Gasteiger partial charge on any atom is -0.790 e. The van der Waals surface area contributed by atoms with Gasteiger partial charge in [-0.15, -0.1) is 12.6 Å². The van der Waals surface area contributed by atoms with Gasteiger partial charge in [0.1, 0.15) is 0 Å². The standard InChI is InChI=1S/C6H15O12P3S/c1-4-2-5(7)6(22,16-4)3-15-20(11,12)18-21(13,14)17-19(8,9)10/h4-5,7,22H,2-3H2,1H3,(H,11,12)(H,13,14)(H2,8,9,10)/p-4/t4-,5?,6-/m0/s1. The van der Waals surface area contributed by atoms with Crippen molar-refractivity contribution in [2.45, 2.75) is 30.5 Å². The van der Waals surface area contributed by atoms with Crippen LogP contribution in [0.15, 0.2) is 0 Å². The topological polar surface area (TPSA) is 201 Å². The SMILES string of the molecule is C[C@H]1CC(O)[C@@](S)(COP(=O)([O-])OP(=O)([O-])OP(=O)([O-])[O-])O1. The van der Waals surface area contributed by atoms with Gasteiger partial charge in [-0.25, -0.2) is 4.31 Å². The third-order valence-corrected chi connectivity index (χ3v) is 6.49. The van der Waals surface area contributed by atoms with E-state index in [2.05, 4.69) is 25.8 Å². The van der Waals surface area contributed by atoms with E-state index in [1.54, 1.807) is 6.92 Å². The van der Waals surface area contributed by atoms with Gasteiger partial charge in [-0.2, -0.15) is 0 Å². The Labute approximate surface area is 130 Å². The molecule has 5 atom stereocenters. The van der Waals surface area contributed by atoms with Crippen LogP contribution in [0.3, 0.4) is 0 Å². The summed E-state index contributed by atoms with van der Waals surface area (Å²) in [6, 6.07) is 0. The molecule has 132 valence electrons. The number of ether oxygens (including phenoxy) is 1. The highest BCUT2D eigenvalue weighted by Gasteiger charge is 2.45. The highest BCUT2D eigenvalue weighted by Crippen LogP contribution is 2.60. The molecule has 16 heteroatoms. The summed E-state index contributed by atoms with van der Waals surface area (Å²) in [5.74, 6) is 0. The molecule has 0 bridgehead atoms. The average molecular weight is 400 g/mol. The smallest absolute Gasteiger partial charge is 0.278 e. The lowest BCUT2D eigenvalue weighted by Crippen LogP contribution is -2.38. The van der Waals surface area contributed by atoms with Crippen molar-refractivity contribution in [2.24, 2.45) is 0 Å². The zero-order chi connectivity index (χ0) is 17.4. The largest absolute Gasteiger partial charge is 0.790 e. The predicted octanol–water partition coefficient (Wildman–Crippen LogP) is -2.40. The summed E-state index contributed by atoms with van der Waals surface area (Å²) in [5.41, 5.74) is 0. The fourth-order valence-corrected chi connectivity index (χ4v) is 4.90. The van der Waals surface area contributed by atoms with Crippen LogP contribution in [0.25, 0.3) is 0 Å². The van der Waals surface area contributed by atoms with Gasteiger partial charge in [-0.05, 0) is 6.92 Å². The predicted molar refractivity (Wildman–Crippen MR) is 63.8 cm³/mol. The molecule has 0 aliphatic carbocycles. The molecule has 1 aliphatic rings. The van der Waals surface area contributed by atoms with Crippen LogP contribution in [0.5, 0.6) is 0 Å². The molecule has 0 aromatic heterocycles. The van der Waals surface area contributed by atoms with Crippen molar-refractivity contribution in [1.29, 1.82) is 0 Å². The molecule has 0 aromatic carbocycles. The number of hydrogen-bond acceptors (Lipinski definition) is 13. The Hall–Kier alpha value is 0.680. The van der Waals surface area contributed by atoms with Crippen molar-refractivity contribution in [3.05, 3.63) is 0 Å². The maximum Gasteiger partial charge on any atom is 0.278 e. The summed E-state index contributed by atoms with van der Waals surface area (Å²) in [7, 11) is -17.7. The van der Waals surface area contributed by atoms with Gasteiger partial charge in [0.2, 0.25) is 0 Å². The fraction of sp³-hybridized carbons (Fsp3) is 1.00. The molecular weight excluding hydrogens is 389 g/mol. The van der Waals surface area contributed by atoms with E-state index in [1.807, 2.05) is 0 Å². The van der Waals surface area contributed by atoms with Crippen LogP contribution in [0.1, 0.15) is 13.3 Å². The Morgan fingerprint density at radius 1 is 1.23 bits per heavy atom. The summed E-state index contributed by atoms with van der Waals surface area (Å²) in [4.78, 5) is 40.7. The van der Waals surface area contributed by atoms with E-state index in [0.717, 1.165) is 0 Å². The molecule has 1 saturated heterocycles. The van der Waals surface area contributed by atoms with Gasteiger partial charge in [-0.1, -0.05) is 0 Å². The van der Waals surface area contributed by atoms with E-state index in [0.29, 0.717) is 0 Å². The molecule has 0 spiro atoms. The number of rotatable bonds is 7. The normalized spacial score (nSPS) is 35.0.